The van der Waals surface area contributed by atoms with Gasteiger partial charge in [-0.05, 0) is 32.6 Å². The van der Waals surface area contributed by atoms with Crippen molar-refractivity contribution in [3.8, 4) is 0 Å². The topological polar surface area (TPSA) is 45.2 Å². The molecule has 1 aliphatic rings. The lowest BCUT2D eigenvalue weighted by atomic mass is 10.00. The van der Waals surface area contributed by atoms with Gasteiger partial charge in [0.15, 0.2) is 0 Å². The Morgan fingerprint density at radius 3 is 2.79 bits per heavy atom. The first-order valence-corrected chi connectivity index (χ1v) is 7.96. The second-order valence-electron chi connectivity index (χ2n) is 5.32. The maximum absolute atomic E-state index is 12.2. The van der Waals surface area contributed by atoms with Crippen molar-refractivity contribution in [2.45, 2.75) is 45.1 Å². The van der Waals surface area contributed by atoms with Crippen molar-refractivity contribution in [3.05, 3.63) is 16.6 Å². The van der Waals surface area contributed by atoms with Crippen LogP contribution in [0.3, 0.4) is 0 Å². The molecule has 1 aromatic heterocycles. The number of piperidine rings is 1. The normalized spacial score (nSPS) is 19.2. The fraction of sp³-hybridized carbons (Fsp3) is 0.714. The van der Waals surface area contributed by atoms with Crippen LogP contribution in [0.5, 0.6) is 0 Å². The number of thiazole rings is 1. The zero-order valence-electron chi connectivity index (χ0n) is 11.8. The molecule has 106 valence electrons. The van der Waals surface area contributed by atoms with Crippen LogP contribution in [-0.2, 0) is 10.3 Å². The number of amides is 1. The molecule has 19 heavy (non-hydrogen) atoms. The predicted octanol–water partition coefficient (Wildman–Crippen LogP) is 2.37. The predicted molar refractivity (Wildman–Crippen MR) is 78.2 cm³/mol. The lowest BCUT2D eigenvalue weighted by Gasteiger charge is -2.31. The fourth-order valence-corrected chi connectivity index (χ4v) is 3.22. The Kier molecular flexibility index (Phi) is 4.93. The van der Waals surface area contributed by atoms with E-state index in [0.717, 1.165) is 37.4 Å². The van der Waals surface area contributed by atoms with Gasteiger partial charge in [-0.1, -0.05) is 6.92 Å². The SMILES string of the molecule is CC[C@@](C)(NCC(=O)N1CCCCC1)c1nccs1. The molecule has 0 saturated carbocycles. The molecule has 4 nitrogen and oxygen atoms in total. The molecule has 2 rings (SSSR count). The maximum atomic E-state index is 12.2. The molecule has 0 spiro atoms. The number of hydrogen-bond acceptors (Lipinski definition) is 4. The average molecular weight is 281 g/mol. The fourth-order valence-electron chi connectivity index (χ4n) is 2.37. The van der Waals surface area contributed by atoms with E-state index in [1.165, 1.54) is 6.42 Å². The van der Waals surface area contributed by atoms with Crippen molar-refractivity contribution in [1.82, 2.24) is 15.2 Å². The Labute approximate surface area is 119 Å². The van der Waals surface area contributed by atoms with Crippen molar-refractivity contribution in [2.75, 3.05) is 19.6 Å². The van der Waals surface area contributed by atoms with Crippen molar-refractivity contribution in [2.24, 2.45) is 0 Å². The molecule has 1 fully saturated rings. The third-order valence-corrected chi connectivity index (χ3v) is 4.99. The molecule has 1 saturated heterocycles. The van der Waals surface area contributed by atoms with Gasteiger partial charge in [-0.25, -0.2) is 4.98 Å². The van der Waals surface area contributed by atoms with Gasteiger partial charge in [-0.2, -0.15) is 0 Å². The van der Waals surface area contributed by atoms with Crippen molar-refractivity contribution >= 4 is 17.2 Å². The first kappa shape index (κ1) is 14.5. The highest BCUT2D eigenvalue weighted by Crippen LogP contribution is 2.26. The highest BCUT2D eigenvalue weighted by Gasteiger charge is 2.28. The van der Waals surface area contributed by atoms with E-state index in [1.54, 1.807) is 11.3 Å². The van der Waals surface area contributed by atoms with Crippen LogP contribution in [-0.4, -0.2) is 35.4 Å². The molecular formula is C14H23N3OS. The van der Waals surface area contributed by atoms with E-state index in [4.69, 9.17) is 0 Å². The zero-order valence-corrected chi connectivity index (χ0v) is 12.6. The Morgan fingerprint density at radius 1 is 1.47 bits per heavy atom. The molecule has 0 aliphatic carbocycles. The smallest absolute Gasteiger partial charge is 0.236 e. The number of rotatable bonds is 5. The van der Waals surface area contributed by atoms with E-state index in [9.17, 15) is 4.79 Å². The lowest BCUT2D eigenvalue weighted by molar-refractivity contribution is -0.131. The summed E-state index contributed by atoms with van der Waals surface area (Å²) in [5.74, 6) is 0.218. The minimum absolute atomic E-state index is 0.195. The monoisotopic (exact) mass is 281 g/mol. The first-order valence-electron chi connectivity index (χ1n) is 7.08. The van der Waals surface area contributed by atoms with E-state index < -0.39 is 0 Å². The van der Waals surface area contributed by atoms with Crippen molar-refractivity contribution in [3.63, 3.8) is 0 Å². The minimum Gasteiger partial charge on any atom is -0.342 e. The molecule has 1 atom stereocenters. The van der Waals surface area contributed by atoms with Crippen LogP contribution in [0.4, 0.5) is 0 Å². The van der Waals surface area contributed by atoms with E-state index in [2.05, 4.69) is 24.1 Å². The Balaban J connectivity index is 1.90. The Bertz CT molecular complexity index is 401. The summed E-state index contributed by atoms with van der Waals surface area (Å²) >= 11 is 1.64. The third-order valence-electron chi connectivity index (χ3n) is 3.95. The second-order valence-corrected chi connectivity index (χ2v) is 6.21. The Hall–Kier alpha value is -0.940. The van der Waals surface area contributed by atoms with Crippen LogP contribution in [0.25, 0.3) is 0 Å². The van der Waals surface area contributed by atoms with Gasteiger partial charge in [0, 0.05) is 24.7 Å². The van der Waals surface area contributed by atoms with Gasteiger partial charge in [0.25, 0.3) is 0 Å². The number of hydrogen-bond donors (Lipinski definition) is 1. The summed E-state index contributed by atoms with van der Waals surface area (Å²) in [6.45, 7) is 6.49. The van der Waals surface area contributed by atoms with E-state index in [0.29, 0.717) is 6.54 Å². The molecule has 1 aromatic rings. The van der Waals surface area contributed by atoms with Gasteiger partial charge in [-0.15, -0.1) is 11.3 Å². The number of likely N-dealkylation sites (tertiary alicyclic amines) is 1. The lowest BCUT2D eigenvalue weighted by Crippen LogP contribution is -2.47. The van der Waals surface area contributed by atoms with E-state index in [1.807, 2.05) is 16.5 Å². The number of nitrogens with zero attached hydrogens (tertiary/aromatic N) is 2. The van der Waals surface area contributed by atoms with Gasteiger partial charge in [0.1, 0.15) is 5.01 Å². The molecule has 1 N–H and O–H groups in total. The summed E-state index contributed by atoms with van der Waals surface area (Å²) in [5.41, 5.74) is -0.195. The Morgan fingerprint density at radius 2 is 2.21 bits per heavy atom. The number of carbonyl (C=O) groups is 1. The summed E-state index contributed by atoms with van der Waals surface area (Å²) in [6.07, 6.45) is 6.28. The maximum Gasteiger partial charge on any atom is 0.236 e. The molecule has 2 heterocycles. The summed E-state index contributed by atoms with van der Waals surface area (Å²) in [5, 5.41) is 6.44. The van der Waals surface area contributed by atoms with Crippen LogP contribution >= 0.6 is 11.3 Å². The molecule has 0 radical (unpaired) electrons. The molecule has 1 amide bonds. The van der Waals surface area contributed by atoms with E-state index in [-0.39, 0.29) is 11.4 Å². The van der Waals surface area contributed by atoms with Crippen LogP contribution in [0.1, 0.15) is 44.5 Å². The van der Waals surface area contributed by atoms with Gasteiger partial charge in [-0.3, -0.25) is 10.1 Å². The molecule has 5 heteroatoms. The quantitative estimate of drug-likeness (QED) is 0.901. The largest absolute Gasteiger partial charge is 0.342 e. The summed E-state index contributed by atoms with van der Waals surface area (Å²) < 4.78 is 0. The number of nitrogens with one attached hydrogen (secondary N) is 1. The van der Waals surface area contributed by atoms with Gasteiger partial charge in [0.2, 0.25) is 5.91 Å². The molecule has 0 aromatic carbocycles. The number of carbonyl (C=O) groups excluding carboxylic acids is 1. The van der Waals surface area contributed by atoms with Gasteiger partial charge < -0.3 is 4.90 Å². The molecule has 0 bridgehead atoms. The molecular weight excluding hydrogens is 258 g/mol. The van der Waals surface area contributed by atoms with Crippen LogP contribution in [0, 0.1) is 0 Å². The average Bonchev–Trinajstić information content (AvgIpc) is 3.00. The highest BCUT2D eigenvalue weighted by molar-refractivity contribution is 7.09. The van der Waals surface area contributed by atoms with Crippen molar-refractivity contribution in [1.29, 1.82) is 0 Å². The molecule has 1 aliphatic heterocycles. The van der Waals surface area contributed by atoms with Crippen LogP contribution in [0.2, 0.25) is 0 Å². The third kappa shape index (κ3) is 3.54. The van der Waals surface area contributed by atoms with Gasteiger partial charge >= 0.3 is 0 Å². The van der Waals surface area contributed by atoms with E-state index >= 15 is 0 Å². The summed E-state index contributed by atoms with van der Waals surface area (Å²) in [4.78, 5) is 18.5. The van der Waals surface area contributed by atoms with Gasteiger partial charge in [0.05, 0.1) is 12.1 Å². The summed E-state index contributed by atoms with van der Waals surface area (Å²) in [7, 11) is 0. The van der Waals surface area contributed by atoms with Crippen molar-refractivity contribution < 1.29 is 4.79 Å². The standard InChI is InChI=1S/C14H23N3OS/c1-3-14(2,13-15-7-10-19-13)16-11-12(18)17-8-5-4-6-9-17/h7,10,16H,3-6,8-9,11H2,1-2H3/t14-/m1/s1. The first-order chi connectivity index (χ1) is 9.15. The number of aromatic nitrogens is 1. The van der Waals surface area contributed by atoms with Crippen LogP contribution < -0.4 is 5.32 Å². The van der Waals surface area contributed by atoms with Crippen LogP contribution in [0.15, 0.2) is 11.6 Å². The summed E-state index contributed by atoms with van der Waals surface area (Å²) in [6, 6.07) is 0. The minimum atomic E-state index is -0.195. The highest BCUT2D eigenvalue weighted by atomic mass is 32.1. The second kappa shape index (κ2) is 6.48. The zero-order chi connectivity index (χ0) is 13.7. The molecule has 0 unspecified atom stereocenters.